The second-order valence-electron chi connectivity index (χ2n) is 9.35. The van der Waals surface area contributed by atoms with Crippen molar-refractivity contribution < 1.29 is 24.2 Å². The molecule has 4 aromatic rings. The number of benzene rings is 4. The highest BCUT2D eigenvalue weighted by molar-refractivity contribution is 5.85. The minimum absolute atomic E-state index is 0.0326. The van der Waals surface area contributed by atoms with Crippen LogP contribution in [0.25, 0.3) is 21.9 Å². The van der Waals surface area contributed by atoms with Crippen molar-refractivity contribution >= 4 is 28.7 Å². The van der Waals surface area contributed by atoms with Gasteiger partial charge >= 0.3 is 12.1 Å². The number of amides is 2. The Kier molecular flexibility index (Phi) is 7.35. The Morgan fingerprint density at radius 1 is 0.816 bits per heavy atom. The lowest BCUT2D eigenvalue weighted by molar-refractivity contribution is -0.141. The summed E-state index contributed by atoms with van der Waals surface area (Å²) in [4.78, 5) is 36.5. The lowest BCUT2D eigenvalue weighted by atomic mass is 9.98. The minimum atomic E-state index is -1.11. The first-order valence-corrected chi connectivity index (χ1v) is 12.6. The summed E-state index contributed by atoms with van der Waals surface area (Å²) in [6.07, 6.45) is -0.525. The van der Waals surface area contributed by atoms with E-state index in [0.29, 0.717) is 0 Å². The van der Waals surface area contributed by atoms with Crippen molar-refractivity contribution in [1.82, 2.24) is 10.6 Å². The molecule has 0 fully saturated rings. The third-order valence-electron chi connectivity index (χ3n) is 6.85. The van der Waals surface area contributed by atoms with Crippen molar-refractivity contribution in [2.24, 2.45) is 0 Å². The molecule has 3 N–H and O–H groups in total. The summed E-state index contributed by atoms with van der Waals surface area (Å²) in [5.74, 6) is -1.63. The van der Waals surface area contributed by atoms with Gasteiger partial charge in [0, 0.05) is 25.3 Å². The number of fused-ring (bicyclic) bond motifs is 4. The zero-order chi connectivity index (χ0) is 26.5. The van der Waals surface area contributed by atoms with Gasteiger partial charge in [0.25, 0.3) is 0 Å². The second-order valence-corrected chi connectivity index (χ2v) is 9.35. The first kappa shape index (κ1) is 25.0. The number of alkyl carbamates (subject to hydrolysis) is 1. The SMILES string of the molecule is O=C(CCNC(=O)OCC1c2ccccc2-c2ccccc21)N[C@H](Cc1ccc2ccccc2c1)C(=O)O. The molecule has 0 saturated heterocycles. The van der Waals surface area contributed by atoms with Gasteiger partial charge < -0.3 is 20.5 Å². The van der Waals surface area contributed by atoms with Crippen molar-refractivity contribution in [3.05, 3.63) is 108 Å². The molecule has 2 amide bonds. The fraction of sp³-hybridized carbons (Fsp3) is 0.194. The fourth-order valence-electron chi connectivity index (χ4n) is 5.00. The summed E-state index contributed by atoms with van der Waals surface area (Å²) < 4.78 is 5.48. The van der Waals surface area contributed by atoms with Gasteiger partial charge in [0.1, 0.15) is 12.6 Å². The van der Waals surface area contributed by atoms with Crippen LogP contribution >= 0.6 is 0 Å². The highest BCUT2D eigenvalue weighted by Crippen LogP contribution is 2.44. The standard InChI is InChI=1S/C31H28N2O5/c34-29(33-28(30(35)36)18-20-13-14-21-7-1-2-8-22(21)17-20)15-16-32-31(37)38-19-27-25-11-5-3-9-23(25)24-10-4-6-12-26(24)27/h1-14,17,27-28H,15-16,18-19H2,(H,32,37)(H,33,34)(H,35,36)/t28-/m1/s1. The molecule has 0 spiro atoms. The maximum Gasteiger partial charge on any atom is 0.407 e. The Morgan fingerprint density at radius 3 is 2.13 bits per heavy atom. The van der Waals surface area contributed by atoms with Crippen LogP contribution in [-0.2, 0) is 20.7 Å². The molecule has 0 heterocycles. The summed E-state index contributed by atoms with van der Waals surface area (Å²) in [6, 6.07) is 28.6. The lowest BCUT2D eigenvalue weighted by Gasteiger charge is -2.16. The zero-order valence-electron chi connectivity index (χ0n) is 20.7. The number of carboxylic acid groups (broad SMARTS) is 1. The van der Waals surface area contributed by atoms with Gasteiger partial charge in [-0.05, 0) is 38.6 Å². The molecule has 0 radical (unpaired) electrons. The predicted octanol–water partition coefficient (Wildman–Crippen LogP) is 4.88. The third-order valence-corrected chi connectivity index (χ3v) is 6.85. The van der Waals surface area contributed by atoms with E-state index >= 15 is 0 Å². The van der Waals surface area contributed by atoms with Crippen LogP contribution in [0.15, 0.2) is 91.0 Å². The van der Waals surface area contributed by atoms with E-state index in [4.69, 9.17) is 4.74 Å². The lowest BCUT2D eigenvalue weighted by Crippen LogP contribution is -2.43. The van der Waals surface area contributed by atoms with Crippen molar-refractivity contribution in [3.63, 3.8) is 0 Å². The van der Waals surface area contributed by atoms with Crippen LogP contribution in [-0.4, -0.2) is 42.3 Å². The quantitative estimate of drug-likeness (QED) is 0.299. The van der Waals surface area contributed by atoms with Crippen LogP contribution in [0, 0.1) is 0 Å². The average Bonchev–Trinajstić information content (AvgIpc) is 3.25. The van der Waals surface area contributed by atoms with Crippen molar-refractivity contribution in [2.75, 3.05) is 13.2 Å². The molecule has 7 nitrogen and oxygen atoms in total. The number of carbonyl (C=O) groups is 3. The Balaban J connectivity index is 1.10. The number of aliphatic carboxylic acids is 1. The molecule has 4 aromatic carbocycles. The van der Waals surface area contributed by atoms with Crippen molar-refractivity contribution in [2.45, 2.75) is 24.8 Å². The van der Waals surface area contributed by atoms with Gasteiger partial charge in [-0.25, -0.2) is 9.59 Å². The summed E-state index contributed by atoms with van der Waals surface area (Å²) in [7, 11) is 0. The Bertz CT molecular complexity index is 1450. The Morgan fingerprint density at radius 2 is 1.45 bits per heavy atom. The molecular formula is C31H28N2O5. The molecular weight excluding hydrogens is 480 g/mol. The van der Waals surface area contributed by atoms with Crippen molar-refractivity contribution in [1.29, 1.82) is 0 Å². The molecule has 5 rings (SSSR count). The van der Waals surface area contributed by atoms with E-state index in [1.807, 2.05) is 78.9 Å². The zero-order valence-corrected chi connectivity index (χ0v) is 20.7. The molecule has 1 aliphatic carbocycles. The molecule has 0 bridgehead atoms. The molecule has 7 heteroatoms. The van der Waals surface area contributed by atoms with Gasteiger partial charge in [0.2, 0.25) is 5.91 Å². The normalized spacial score (nSPS) is 12.8. The van der Waals surface area contributed by atoms with E-state index < -0.39 is 24.0 Å². The van der Waals surface area contributed by atoms with E-state index in [2.05, 4.69) is 22.8 Å². The molecule has 0 saturated carbocycles. The molecule has 0 aliphatic heterocycles. The van der Waals surface area contributed by atoms with Gasteiger partial charge in [0.05, 0.1) is 0 Å². The molecule has 0 unspecified atom stereocenters. The Labute approximate surface area is 220 Å². The highest BCUT2D eigenvalue weighted by atomic mass is 16.5. The number of hydrogen-bond acceptors (Lipinski definition) is 4. The molecule has 0 aromatic heterocycles. The van der Waals surface area contributed by atoms with E-state index in [1.165, 1.54) is 0 Å². The van der Waals surface area contributed by atoms with Crippen LogP contribution in [0.4, 0.5) is 4.79 Å². The van der Waals surface area contributed by atoms with Crippen LogP contribution in [0.3, 0.4) is 0 Å². The maximum atomic E-state index is 12.4. The van der Waals surface area contributed by atoms with Gasteiger partial charge in [-0.15, -0.1) is 0 Å². The van der Waals surface area contributed by atoms with Crippen LogP contribution in [0.2, 0.25) is 0 Å². The molecule has 192 valence electrons. The van der Waals surface area contributed by atoms with Gasteiger partial charge in [-0.3, -0.25) is 4.79 Å². The number of carbonyl (C=O) groups excluding carboxylic acids is 2. The molecule has 1 atom stereocenters. The van der Waals surface area contributed by atoms with Crippen molar-refractivity contribution in [3.8, 4) is 11.1 Å². The van der Waals surface area contributed by atoms with E-state index in [0.717, 1.165) is 38.6 Å². The van der Waals surface area contributed by atoms with E-state index in [-0.39, 0.29) is 31.9 Å². The predicted molar refractivity (Wildman–Crippen MR) is 145 cm³/mol. The maximum absolute atomic E-state index is 12.4. The van der Waals surface area contributed by atoms with Crippen LogP contribution < -0.4 is 10.6 Å². The van der Waals surface area contributed by atoms with E-state index in [1.54, 1.807) is 0 Å². The highest BCUT2D eigenvalue weighted by Gasteiger charge is 2.29. The van der Waals surface area contributed by atoms with E-state index in [9.17, 15) is 19.5 Å². The first-order chi connectivity index (χ1) is 18.5. The Hall–Kier alpha value is -4.65. The van der Waals surface area contributed by atoms with Crippen LogP contribution in [0.5, 0.6) is 0 Å². The number of nitrogens with one attached hydrogen (secondary N) is 2. The third kappa shape index (κ3) is 5.52. The fourth-order valence-corrected chi connectivity index (χ4v) is 5.00. The summed E-state index contributed by atoms with van der Waals surface area (Å²) in [5, 5.41) is 16.8. The average molecular weight is 509 g/mol. The topological polar surface area (TPSA) is 105 Å². The number of ether oxygens (including phenoxy) is 1. The minimum Gasteiger partial charge on any atom is -0.480 e. The molecule has 38 heavy (non-hydrogen) atoms. The number of rotatable bonds is 9. The monoisotopic (exact) mass is 508 g/mol. The summed E-state index contributed by atoms with van der Waals surface area (Å²) in [6.45, 7) is 0.212. The van der Waals surface area contributed by atoms with Gasteiger partial charge in [0.15, 0.2) is 0 Å². The summed E-state index contributed by atoms with van der Waals surface area (Å²) >= 11 is 0. The second kappa shape index (κ2) is 11.2. The summed E-state index contributed by atoms with van der Waals surface area (Å²) in [5.41, 5.74) is 5.34. The number of hydrogen-bond donors (Lipinski definition) is 3. The van der Waals surface area contributed by atoms with Gasteiger partial charge in [-0.1, -0.05) is 91.0 Å². The van der Waals surface area contributed by atoms with Gasteiger partial charge in [-0.2, -0.15) is 0 Å². The first-order valence-electron chi connectivity index (χ1n) is 12.6. The number of carboxylic acids is 1. The smallest absolute Gasteiger partial charge is 0.407 e. The van der Waals surface area contributed by atoms with Crippen LogP contribution in [0.1, 0.15) is 29.0 Å². The molecule has 1 aliphatic rings. The largest absolute Gasteiger partial charge is 0.480 e.